The molecule has 3 aromatic heterocycles. The Hall–Kier alpha value is -3.76. The lowest BCUT2D eigenvalue weighted by atomic mass is 10.1. The molecule has 1 amide bonds. The first-order chi connectivity index (χ1) is 16.9. The van der Waals surface area contributed by atoms with Crippen LogP contribution in [0.3, 0.4) is 0 Å². The molecule has 0 bridgehead atoms. The van der Waals surface area contributed by atoms with E-state index in [1.807, 2.05) is 12.3 Å². The predicted molar refractivity (Wildman–Crippen MR) is 133 cm³/mol. The van der Waals surface area contributed by atoms with E-state index >= 15 is 0 Å². The third kappa shape index (κ3) is 4.62. The summed E-state index contributed by atoms with van der Waals surface area (Å²) >= 11 is 0. The zero-order chi connectivity index (χ0) is 24.5. The van der Waals surface area contributed by atoms with E-state index in [9.17, 15) is 14.3 Å². The molecule has 0 aliphatic carbocycles. The number of amides is 1. The van der Waals surface area contributed by atoms with Crippen molar-refractivity contribution >= 4 is 33.8 Å². The molecular weight excluding hydrogens is 449 g/mol. The highest BCUT2D eigenvalue weighted by atomic mass is 19.1. The van der Waals surface area contributed by atoms with Gasteiger partial charge in [-0.3, -0.25) is 9.48 Å². The molecule has 9 nitrogen and oxygen atoms in total. The average Bonchev–Trinajstić information content (AvgIpc) is 3.42. The van der Waals surface area contributed by atoms with Crippen LogP contribution in [0.25, 0.3) is 16.6 Å². The Morgan fingerprint density at radius 3 is 2.83 bits per heavy atom. The van der Waals surface area contributed by atoms with Crippen LogP contribution in [0.1, 0.15) is 22.5 Å². The van der Waals surface area contributed by atoms with Gasteiger partial charge in [-0.2, -0.15) is 5.10 Å². The van der Waals surface area contributed by atoms with Gasteiger partial charge in [0.2, 0.25) is 0 Å². The average molecular weight is 478 g/mol. The number of hydrogen-bond acceptors (Lipinski definition) is 6. The molecule has 1 aliphatic heterocycles. The molecule has 0 unspecified atom stereocenters. The van der Waals surface area contributed by atoms with Crippen molar-refractivity contribution in [2.24, 2.45) is 0 Å². The van der Waals surface area contributed by atoms with E-state index < -0.39 is 5.82 Å². The Balaban J connectivity index is 1.51. The Morgan fingerprint density at radius 2 is 2.06 bits per heavy atom. The van der Waals surface area contributed by atoms with Crippen LogP contribution in [-0.2, 0) is 6.54 Å². The van der Waals surface area contributed by atoms with Crippen molar-refractivity contribution in [3.8, 4) is 0 Å². The maximum Gasteiger partial charge on any atom is 0.257 e. The van der Waals surface area contributed by atoms with Crippen LogP contribution < -0.4 is 15.5 Å². The second kappa shape index (κ2) is 9.47. The predicted octanol–water partition coefficient (Wildman–Crippen LogP) is 2.73. The van der Waals surface area contributed by atoms with Gasteiger partial charge < -0.3 is 25.0 Å². The van der Waals surface area contributed by atoms with Gasteiger partial charge in [0, 0.05) is 68.5 Å². The van der Waals surface area contributed by atoms with Crippen molar-refractivity contribution in [1.29, 1.82) is 0 Å². The fraction of sp³-hybridized carbons (Fsp3) is 0.320. The molecule has 3 N–H and O–H groups in total. The van der Waals surface area contributed by atoms with E-state index in [0.717, 1.165) is 42.8 Å². The third-order valence-corrected chi connectivity index (χ3v) is 6.14. The van der Waals surface area contributed by atoms with Crippen molar-refractivity contribution in [2.75, 3.05) is 43.0 Å². The number of aliphatic hydroxyl groups is 1. The number of rotatable bonds is 7. The number of piperazine rings is 1. The molecule has 1 aromatic carbocycles. The molecule has 4 aromatic rings. The van der Waals surface area contributed by atoms with Gasteiger partial charge in [-0.1, -0.05) is 12.2 Å². The number of benzene rings is 1. The van der Waals surface area contributed by atoms with Crippen molar-refractivity contribution in [1.82, 2.24) is 24.5 Å². The van der Waals surface area contributed by atoms with E-state index in [1.54, 1.807) is 34.5 Å². The number of aryl methyl sites for hydroxylation is 1. The number of aliphatic hydroxyl groups excluding tert-OH is 1. The molecule has 4 heterocycles. The molecule has 1 saturated heterocycles. The minimum absolute atomic E-state index is 0.0245. The van der Waals surface area contributed by atoms with E-state index in [0.29, 0.717) is 35.4 Å². The molecule has 0 radical (unpaired) electrons. The first-order valence-corrected chi connectivity index (χ1v) is 11.6. The number of aromatic nitrogens is 4. The van der Waals surface area contributed by atoms with Crippen molar-refractivity contribution in [3.05, 3.63) is 66.0 Å². The fourth-order valence-electron chi connectivity index (χ4n) is 4.50. The van der Waals surface area contributed by atoms with Gasteiger partial charge in [-0.15, -0.1) is 0 Å². The van der Waals surface area contributed by atoms with Gasteiger partial charge in [0.15, 0.2) is 11.5 Å². The number of pyridine rings is 1. The van der Waals surface area contributed by atoms with Crippen LogP contribution in [0.15, 0.2) is 48.9 Å². The van der Waals surface area contributed by atoms with E-state index in [2.05, 4.69) is 27.1 Å². The summed E-state index contributed by atoms with van der Waals surface area (Å²) < 4.78 is 17.8. The number of nitrogens with zero attached hydrogens (tertiary/aromatic N) is 5. The minimum Gasteiger partial charge on any atom is -0.396 e. The molecule has 182 valence electrons. The molecule has 1 fully saturated rings. The normalized spacial score (nSPS) is 14.1. The molecule has 0 atom stereocenters. The van der Waals surface area contributed by atoms with Crippen LogP contribution in [0.2, 0.25) is 0 Å². The monoisotopic (exact) mass is 477 g/mol. The zero-order valence-electron chi connectivity index (χ0n) is 19.6. The van der Waals surface area contributed by atoms with Gasteiger partial charge in [0.05, 0.1) is 23.5 Å². The molecule has 0 saturated carbocycles. The third-order valence-electron chi connectivity index (χ3n) is 6.14. The Labute approximate surface area is 201 Å². The van der Waals surface area contributed by atoms with Crippen molar-refractivity contribution in [2.45, 2.75) is 19.9 Å². The summed E-state index contributed by atoms with van der Waals surface area (Å²) in [5.41, 5.74) is 4.04. The van der Waals surface area contributed by atoms with Crippen LogP contribution in [0.4, 0.5) is 15.8 Å². The first-order valence-electron chi connectivity index (χ1n) is 11.6. The van der Waals surface area contributed by atoms with Crippen molar-refractivity contribution < 1.29 is 14.3 Å². The number of nitrogens with one attached hydrogen (secondary N) is 2. The lowest BCUT2D eigenvalue weighted by Gasteiger charge is -2.30. The highest BCUT2D eigenvalue weighted by Crippen LogP contribution is 2.30. The summed E-state index contributed by atoms with van der Waals surface area (Å²) in [6, 6.07) is 4.98. The number of carbonyl (C=O) groups is 1. The van der Waals surface area contributed by atoms with E-state index in [1.165, 1.54) is 6.07 Å². The molecule has 1 aliphatic rings. The number of imidazole rings is 1. The molecule has 0 spiro atoms. The molecule has 35 heavy (non-hydrogen) atoms. The molecule has 5 rings (SSSR count). The summed E-state index contributed by atoms with van der Waals surface area (Å²) in [4.78, 5) is 19.8. The first kappa shape index (κ1) is 23.0. The SMILES string of the molecule is C=C(CCO)Cn1cc2c(N3CCNCC3)ccc(C(=O)Nc3cc(F)c4nc(C)cn4c3)c2n1. The number of anilines is 2. The summed E-state index contributed by atoms with van der Waals surface area (Å²) in [6.45, 7) is 9.73. The smallest absolute Gasteiger partial charge is 0.257 e. The second-order valence-corrected chi connectivity index (χ2v) is 8.83. The summed E-state index contributed by atoms with van der Waals surface area (Å²) in [5.74, 6) is -0.890. The zero-order valence-corrected chi connectivity index (χ0v) is 19.6. The van der Waals surface area contributed by atoms with Gasteiger partial charge in [-0.25, -0.2) is 9.37 Å². The highest BCUT2D eigenvalue weighted by Gasteiger charge is 2.21. The topological polar surface area (TPSA) is 99.7 Å². The number of carbonyl (C=O) groups excluding carboxylic acids is 1. The maximum atomic E-state index is 14.5. The highest BCUT2D eigenvalue weighted by molar-refractivity contribution is 6.13. The Morgan fingerprint density at radius 1 is 1.26 bits per heavy atom. The maximum absolute atomic E-state index is 14.5. The number of fused-ring (bicyclic) bond motifs is 2. The van der Waals surface area contributed by atoms with Crippen LogP contribution in [-0.4, -0.2) is 63.0 Å². The van der Waals surface area contributed by atoms with Crippen LogP contribution in [0.5, 0.6) is 0 Å². The van der Waals surface area contributed by atoms with Crippen LogP contribution in [0, 0.1) is 12.7 Å². The van der Waals surface area contributed by atoms with E-state index in [-0.39, 0.29) is 18.2 Å². The standard InChI is InChI=1S/C25H28FN7O2/c1-16(5-10-34)12-33-15-20-22(31-8-6-27-7-9-31)4-3-19(23(20)30-33)25(35)29-18-11-21(26)24-28-17(2)13-32(24)14-18/h3-4,11,13-15,27,34H,1,5-10,12H2,2H3,(H,29,35). The summed E-state index contributed by atoms with van der Waals surface area (Å²) in [5, 5.41) is 21.0. The Bertz CT molecular complexity index is 1420. The summed E-state index contributed by atoms with van der Waals surface area (Å²) in [6.07, 6.45) is 5.75. The van der Waals surface area contributed by atoms with E-state index in [4.69, 9.17) is 5.10 Å². The van der Waals surface area contributed by atoms with Gasteiger partial charge in [-0.05, 0) is 25.5 Å². The lowest BCUT2D eigenvalue weighted by molar-refractivity contribution is 0.102. The minimum atomic E-state index is -0.512. The molecular formula is C25H28FN7O2. The van der Waals surface area contributed by atoms with Crippen molar-refractivity contribution in [3.63, 3.8) is 0 Å². The largest absolute Gasteiger partial charge is 0.396 e. The fourth-order valence-corrected chi connectivity index (χ4v) is 4.50. The lowest BCUT2D eigenvalue weighted by Crippen LogP contribution is -2.43. The quantitative estimate of drug-likeness (QED) is 0.354. The van der Waals surface area contributed by atoms with Gasteiger partial charge in [0.25, 0.3) is 5.91 Å². The molecule has 10 heteroatoms. The van der Waals surface area contributed by atoms with Crippen LogP contribution >= 0.6 is 0 Å². The second-order valence-electron chi connectivity index (χ2n) is 8.83. The van der Waals surface area contributed by atoms with Gasteiger partial charge >= 0.3 is 0 Å². The Kier molecular flexibility index (Phi) is 6.23. The van der Waals surface area contributed by atoms with Gasteiger partial charge in [0.1, 0.15) is 5.52 Å². The summed E-state index contributed by atoms with van der Waals surface area (Å²) in [7, 11) is 0. The number of hydrogen-bond donors (Lipinski definition) is 3. The number of halogens is 1.